The number of ketones is 3. The van der Waals surface area contributed by atoms with E-state index in [2.05, 4.69) is 0 Å². The van der Waals surface area contributed by atoms with E-state index in [1.807, 2.05) is 13.8 Å². The Balaban J connectivity index is 1.64. The highest BCUT2D eigenvalue weighted by Crippen LogP contribution is 2.67. The molecular formula is C25H34O8. The third kappa shape index (κ3) is 3.47. The topological polar surface area (TPSA) is 124 Å². The second-order valence-electron chi connectivity index (χ2n) is 11.1. The van der Waals surface area contributed by atoms with Crippen molar-refractivity contribution in [1.29, 1.82) is 0 Å². The predicted molar refractivity (Wildman–Crippen MR) is 115 cm³/mol. The van der Waals surface area contributed by atoms with Crippen molar-refractivity contribution in [2.24, 2.45) is 34.5 Å². The average molecular weight is 463 g/mol. The Morgan fingerprint density at radius 1 is 0.970 bits per heavy atom. The van der Waals surface area contributed by atoms with E-state index in [0.29, 0.717) is 25.7 Å². The van der Waals surface area contributed by atoms with Crippen molar-refractivity contribution in [1.82, 2.24) is 0 Å². The fourth-order valence-corrected chi connectivity index (χ4v) is 8.01. The lowest BCUT2D eigenvalue weighted by Gasteiger charge is -2.60. The van der Waals surface area contributed by atoms with E-state index >= 15 is 0 Å². The molecule has 1 N–H and O–H groups in total. The molecule has 0 aliphatic heterocycles. The van der Waals surface area contributed by atoms with Gasteiger partial charge in [-0.05, 0) is 49.4 Å². The lowest BCUT2D eigenvalue weighted by atomic mass is 9.43. The van der Waals surface area contributed by atoms with Crippen LogP contribution in [0, 0.1) is 34.5 Å². The van der Waals surface area contributed by atoms with Gasteiger partial charge in [0.05, 0.1) is 0 Å². The minimum atomic E-state index is -1.71. The summed E-state index contributed by atoms with van der Waals surface area (Å²) in [6.45, 7) is 5.88. The molecule has 8 heteroatoms. The van der Waals surface area contributed by atoms with Crippen LogP contribution >= 0.6 is 0 Å². The highest BCUT2D eigenvalue weighted by Gasteiger charge is 2.70. The Labute approximate surface area is 193 Å². The summed E-state index contributed by atoms with van der Waals surface area (Å²) in [4.78, 5) is 62.1. The minimum absolute atomic E-state index is 0.00230. The van der Waals surface area contributed by atoms with Crippen LogP contribution in [0.3, 0.4) is 0 Å². The molecule has 4 saturated carbocycles. The van der Waals surface area contributed by atoms with Gasteiger partial charge >= 0.3 is 11.9 Å². The summed E-state index contributed by atoms with van der Waals surface area (Å²) in [5.41, 5.74) is -3.11. The summed E-state index contributed by atoms with van der Waals surface area (Å²) in [6, 6.07) is 0. The van der Waals surface area contributed by atoms with Crippen LogP contribution in [0.1, 0.15) is 72.6 Å². The van der Waals surface area contributed by atoms with E-state index in [1.165, 1.54) is 13.8 Å². The van der Waals surface area contributed by atoms with E-state index in [0.717, 1.165) is 0 Å². The molecule has 8 atom stereocenters. The first kappa shape index (κ1) is 24.0. The Morgan fingerprint density at radius 2 is 1.67 bits per heavy atom. The number of Topliss-reactive ketones (excluding diaryl/α,β-unsaturated/α-hetero) is 3. The molecule has 8 nitrogen and oxygen atoms in total. The maximum atomic E-state index is 13.7. The minimum Gasteiger partial charge on any atom is -0.458 e. The molecule has 0 aromatic carbocycles. The third-order valence-corrected chi connectivity index (χ3v) is 9.54. The van der Waals surface area contributed by atoms with Gasteiger partial charge < -0.3 is 14.6 Å². The predicted octanol–water partition coefficient (Wildman–Crippen LogP) is 2.18. The van der Waals surface area contributed by atoms with Crippen molar-refractivity contribution in [2.75, 3.05) is 6.61 Å². The van der Waals surface area contributed by atoms with E-state index in [4.69, 9.17) is 9.47 Å². The molecule has 0 heterocycles. The summed E-state index contributed by atoms with van der Waals surface area (Å²) in [5, 5.41) is 11.5. The Morgan fingerprint density at radius 3 is 2.30 bits per heavy atom. The molecule has 4 aliphatic rings. The van der Waals surface area contributed by atoms with Crippen molar-refractivity contribution in [3.63, 3.8) is 0 Å². The van der Waals surface area contributed by atoms with Crippen LogP contribution in [0.4, 0.5) is 0 Å². The largest absolute Gasteiger partial charge is 0.458 e. The van der Waals surface area contributed by atoms with Crippen LogP contribution < -0.4 is 0 Å². The lowest BCUT2D eigenvalue weighted by Crippen LogP contribution is -2.64. The summed E-state index contributed by atoms with van der Waals surface area (Å²) >= 11 is 0. The van der Waals surface area contributed by atoms with Gasteiger partial charge in [-0.15, -0.1) is 0 Å². The first-order valence-corrected chi connectivity index (χ1v) is 12.0. The molecule has 0 radical (unpaired) electrons. The highest BCUT2D eigenvalue weighted by atomic mass is 16.5. The lowest BCUT2D eigenvalue weighted by molar-refractivity contribution is -0.191. The number of ether oxygens (including phenoxy) is 2. The van der Waals surface area contributed by atoms with Gasteiger partial charge in [0, 0.05) is 43.9 Å². The molecule has 0 aromatic rings. The molecule has 0 amide bonds. The normalized spacial score (nSPS) is 44.3. The number of carbonyl (C=O) groups excluding carboxylic acids is 5. The first-order chi connectivity index (χ1) is 15.3. The first-order valence-electron chi connectivity index (χ1n) is 12.0. The number of esters is 2. The average Bonchev–Trinajstić information content (AvgIpc) is 2.99. The zero-order valence-electron chi connectivity index (χ0n) is 19.8. The van der Waals surface area contributed by atoms with Crippen LogP contribution in [0.5, 0.6) is 0 Å². The number of fused-ring (bicyclic) bond motifs is 5. The van der Waals surface area contributed by atoms with Crippen molar-refractivity contribution < 1.29 is 38.6 Å². The molecular weight excluding hydrogens is 428 g/mol. The quantitative estimate of drug-likeness (QED) is 0.631. The Hall–Kier alpha value is -2.09. The highest BCUT2D eigenvalue weighted by molar-refractivity contribution is 5.93. The van der Waals surface area contributed by atoms with Gasteiger partial charge in [0.15, 0.2) is 18.5 Å². The van der Waals surface area contributed by atoms with Gasteiger partial charge in [0.25, 0.3) is 0 Å². The van der Waals surface area contributed by atoms with E-state index in [9.17, 15) is 29.1 Å². The second-order valence-corrected chi connectivity index (χ2v) is 11.1. The van der Waals surface area contributed by atoms with Gasteiger partial charge in [-0.1, -0.05) is 13.8 Å². The fraction of sp³-hybridized carbons (Fsp3) is 0.800. The number of aliphatic hydroxyl groups is 1. The number of hydrogen-bond donors (Lipinski definition) is 1. The Kier molecular flexibility index (Phi) is 5.83. The standard InChI is InChI=1S/C25H34O8/c1-13(26)32-12-20(30)25(31)10-7-16-15-5-6-17-22(33-14(2)27)18(28)8-9-23(17,3)21(15)19(29)11-24(16,25)4/h15-17,21-22,31H,5-12H2,1-4H3/t15-,16-,17-,21+,22+,23-,24-,25+/m0/s1. The van der Waals surface area contributed by atoms with Gasteiger partial charge in [0.1, 0.15) is 11.4 Å². The summed E-state index contributed by atoms with van der Waals surface area (Å²) < 4.78 is 10.3. The molecule has 0 unspecified atom stereocenters. The molecule has 0 aromatic heterocycles. The number of carbonyl (C=O) groups is 5. The maximum Gasteiger partial charge on any atom is 0.303 e. The molecule has 33 heavy (non-hydrogen) atoms. The van der Waals surface area contributed by atoms with Gasteiger partial charge in [-0.3, -0.25) is 24.0 Å². The summed E-state index contributed by atoms with van der Waals surface area (Å²) in [6.07, 6.45) is 2.27. The fourth-order valence-electron chi connectivity index (χ4n) is 8.01. The second kappa shape index (κ2) is 8.00. The monoisotopic (exact) mass is 462 g/mol. The zero-order chi connectivity index (χ0) is 24.3. The van der Waals surface area contributed by atoms with Crippen LogP contribution in [0.25, 0.3) is 0 Å². The van der Waals surface area contributed by atoms with Crippen molar-refractivity contribution >= 4 is 29.3 Å². The number of rotatable bonds is 4. The van der Waals surface area contributed by atoms with E-state index < -0.39 is 46.9 Å². The van der Waals surface area contributed by atoms with Crippen molar-refractivity contribution in [2.45, 2.75) is 84.3 Å². The van der Waals surface area contributed by atoms with Crippen LogP contribution in [0.15, 0.2) is 0 Å². The molecule has 182 valence electrons. The molecule has 0 saturated heterocycles. The van der Waals surface area contributed by atoms with Crippen LogP contribution in [-0.2, 0) is 33.4 Å². The van der Waals surface area contributed by atoms with E-state index in [-0.39, 0.29) is 54.5 Å². The van der Waals surface area contributed by atoms with E-state index in [1.54, 1.807) is 0 Å². The third-order valence-electron chi connectivity index (χ3n) is 9.54. The van der Waals surface area contributed by atoms with Crippen molar-refractivity contribution in [3.8, 4) is 0 Å². The van der Waals surface area contributed by atoms with Gasteiger partial charge in [-0.25, -0.2) is 0 Å². The maximum absolute atomic E-state index is 13.7. The van der Waals surface area contributed by atoms with Crippen LogP contribution in [0.2, 0.25) is 0 Å². The van der Waals surface area contributed by atoms with Gasteiger partial charge in [-0.2, -0.15) is 0 Å². The summed E-state index contributed by atoms with van der Waals surface area (Å²) in [7, 11) is 0. The van der Waals surface area contributed by atoms with Crippen LogP contribution in [-0.4, -0.2) is 52.7 Å². The smallest absolute Gasteiger partial charge is 0.303 e. The Bertz CT molecular complexity index is 910. The van der Waals surface area contributed by atoms with Gasteiger partial charge in [0.2, 0.25) is 5.78 Å². The summed E-state index contributed by atoms with van der Waals surface area (Å²) in [5.74, 6) is -2.26. The van der Waals surface area contributed by atoms with Crippen molar-refractivity contribution in [3.05, 3.63) is 0 Å². The number of hydrogen-bond acceptors (Lipinski definition) is 8. The molecule has 4 fully saturated rings. The molecule has 4 aliphatic carbocycles. The SMILES string of the molecule is CC(=O)OCC(=O)[C@]1(O)CC[C@H]2[C@@H]3CC[C@H]4[C@@H](OC(C)=O)C(=O)CC[C@]4(C)[C@H]3C(=O)C[C@@]21C. The molecule has 0 bridgehead atoms. The molecule has 4 rings (SSSR count). The molecule has 0 spiro atoms. The zero-order valence-corrected chi connectivity index (χ0v) is 19.8.